The molecule has 35 heavy (non-hydrogen) atoms. The zero-order chi connectivity index (χ0) is 24.9. The number of hydrogen-bond acceptors (Lipinski definition) is 3. The van der Waals surface area contributed by atoms with E-state index < -0.39 is 23.4 Å². The molecule has 0 aliphatic carbocycles. The monoisotopic (exact) mass is 464 g/mol. The van der Waals surface area contributed by atoms with Gasteiger partial charge in [0.2, 0.25) is 0 Å². The fraction of sp³-hybridized carbons (Fsp3) is 0.233. The summed E-state index contributed by atoms with van der Waals surface area (Å²) in [6.45, 7) is 8.03. The molecule has 5 heteroatoms. The highest BCUT2D eigenvalue weighted by atomic mass is 16.2. The molecule has 3 aromatic carbocycles. The van der Waals surface area contributed by atoms with E-state index in [2.05, 4.69) is 18.2 Å². The third-order valence-electron chi connectivity index (χ3n) is 7.12. The molecule has 1 atom stereocenters. The third kappa shape index (κ3) is 3.68. The summed E-state index contributed by atoms with van der Waals surface area (Å²) in [6.07, 6.45) is 2.10. The number of allylic oxidation sites excluding steroid dienone is 1. The molecule has 1 unspecified atom stereocenters. The van der Waals surface area contributed by atoms with Crippen molar-refractivity contribution in [2.24, 2.45) is 0 Å². The van der Waals surface area contributed by atoms with Crippen molar-refractivity contribution in [3.05, 3.63) is 112 Å². The quantitative estimate of drug-likeness (QED) is 0.490. The molecule has 0 saturated heterocycles. The van der Waals surface area contributed by atoms with Crippen LogP contribution in [0.5, 0.6) is 0 Å². The molecule has 2 aliphatic heterocycles. The van der Waals surface area contributed by atoms with E-state index in [1.54, 1.807) is 29.2 Å². The maximum atomic E-state index is 14.3. The lowest BCUT2D eigenvalue weighted by Gasteiger charge is -2.44. The highest BCUT2D eigenvalue weighted by Gasteiger charge is 2.47. The Bertz CT molecular complexity index is 1350. The Kier molecular flexibility index (Phi) is 5.43. The molecule has 0 N–H and O–H groups in total. The predicted octanol–water partition coefficient (Wildman–Crippen LogP) is 5.34. The fourth-order valence-electron chi connectivity index (χ4n) is 5.18. The molecule has 3 amide bonds. The lowest BCUT2D eigenvalue weighted by atomic mass is 9.81. The summed E-state index contributed by atoms with van der Waals surface area (Å²) >= 11 is 0. The van der Waals surface area contributed by atoms with Gasteiger partial charge >= 0.3 is 0 Å². The molecule has 0 spiro atoms. The number of rotatable bonds is 4. The van der Waals surface area contributed by atoms with Crippen LogP contribution in [0, 0.1) is 6.92 Å². The number of hydrogen-bond donors (Lipinski definition) is 0. The Balaban J connectivity index is 1.60. The number of carbonyl (C=O) groups is 3. The van der Waals surface area contributed by atoms with Crippen LogP contribution < -0.4 is 0 Å². The van der Waals surface area contributed by atoms with Crippen molar-refractivity contribution in [2.75, 3.05) is 0 Å². The average molecular weight is 465 g/mol. The Morgan fingerprint density at radius 2 is 1.43 bits per heavy atom. The van der Waals surface area contributed by atoms with Crippen molar-refractivity contribution in [3.8, 4) is 0 Å². The minimum atomic E-state index is -0.973. The van der Waals surface area contributed by atoms with Gasteiger partial charge in [0.25, 0.3) is 17.7 Å². The van der Waals surface area contributed by atoms with Gasteiger partial charge in [-0.15, -0.1) is 0 Å². The topological polar surface area (TPSA) is 57.7 Å². The van der Waals surface area contributed by atoms with Gasteiger partial charge in [-0.25, -0.2) is 0 Å². The van der Waals surface area contributed by atoms with E-state index in [9.17, 15) is 14.4 Å². The zero-order valence-corrected chi connectivity index (χ0v) is 20.4. The van der Waals surface area contributed by atoms with Crippen LogP contribution in [0.1, 0.15) is 63.7 Å². The smallest absolute Gasteiger partial charge is 0.262 e. The van der Waals surface area contributed by atoms with Crippen LogP contribution in [0.4, 0.5) is 0 Å². The fourth-order valence-corrected chi connectivity index (χ4v) is 5.18. The van der Waals surface area contributed by atoms with Crippen LogP contribution in [0.2, 0.25) is 0 Å². The summed E-state index contributed by atoms with van der Waals surface area (Å²) < 4.78 is 0. The van der Waals surface area contributed by atoms with Crippen molar-refractivity contribution in [1.29, 1.82) is 0 Å². The van der Waals surface area contributed by atoms with Gasteiger partial charge in [-0.05, 0) is 62.1 Å². The second kappa shape index (κ2) is 8.35. The summed E-state index contributed by atoms with van der Waals surface area (Å²) in [5, 5.41) is 0. The largest absolute Gasteiger partial charge is 0.307 e. The van der Waals surface area contributed by atoms with Crippen molar-refractivity contribution in [2.45, 2.75) is 45.7 Å². The minimum Gasteiger partial charge on any atom is -0.307 e. The molecular formula is C30H28N2O3. The summed E-state index contributed by atoms with van der Waals surface area (Å²) in [6, 6.07) is 21.6. The number of fused-ring (bicyclic) bond motifs is 2. The van der Waals surface area contributed by atoms with Crippen molar-refractivity contribution in [3.63, 3.8) is 0 Å². The lowest BCUT2D eigenvalue weighted by molar-refractivity contribution is -0.137. The first-order valence-corrected chi connectivity index (χ1v) is 11.8. The van der Waals surface area contributed by atoms with Crippen LogP contribution in [0.3, 0.4) is 0 Å². The molecule has 5 rings (SSSR count). The lowest BCUT2D eigenvalue weighted by Crippen LogP contribution is -2.55. The molecule has 0 aromatic heterocycles. The van der Waals surface area contributed by atoms with Crippen LogP contribution >= 0.6 is 0 Å². The maximum absolute atomic E-state index is 14.3. The van der Waals surface area contributed by atoms with E-state index in [4.69, 9.17) is 0 Å². The molecule has 0 bridgehead atoms. The first-order valence-electron chi connectivity index (χ1n) is 11.8. The molecule has 2 heterocycles. The van der Waals surface area contributed by atoms with Gasteiger partial charge in [0.15, 0.2) is 0 Å². The molecule has 0 saturated carbocycles. The van der Waals surface area contributed by atoms with Crippen LogP contribution in [0.25, 0.3) is 5.57 Å². The summed E-state index contributed by atoms with van der Waals surface area (Å²) in [5.41, 5.74) is 5.13. The van der Waals surface area contributed by atoms with Crippen LogP contribution in [-0.4, -0.2) is 33.6 Å². The number of benzene rings is 3. The summed E-state index contributed by atoms with van der Waals surface area (Å²) in [7, 11) is 0. The maximum Gasteiger partial charge on any atom is 0.262 e. The van der Waals surface area contributed by atoms with Gasteiger partial charge in [-0.1, -0.05) is 66.2 Å². The van der Waals surface area contributed by atoms with Gasteiger partial charge in [-0.2, -0.15) is 0 Å². The number of nitrogens with zero attached hydrogens (tertiary/aromatic N) is 2. The second-order valence-corrected chi connectivity index (χ2v) is 9.86. The molecular weight excluding hydrogens is 436 g/mol. The Morgan fingerprint density at radius 3 is 2.06 bits per heavy atom. The van der Waals surface area contributed by atoms with Crippen LogP contribution in [-0.2, 0) is 16.8 Å². The molecule has 5 nitrogen and oxygen atoms in total. The molecule has 3 aromatic rings. The summed E-state index contributed by atoms with van der Waals surface area (Å²) in [4.78, 5) is 44.0. The highest BCUT2D eigenvalue weighted by Crippen LogP contribution is 2.40. The van der Waals surface area contributed by atoms with Gasteiger partial charge in [0.05, 0.1) is 16.7 Å². The van der Waals surface area contributed by atoms with E-state index in [1.807, 2.05) is 64.2 Å². The number of imide groups is 1. The first kappa shape index (κ1) is 22.8. The Morgan fingerprint density at radius 1 is 0.829 bits per heavy atom. The van der Waals surface area contributed by atoms with E-state index in [-0.39, 0.29) is 12.3 Å². The highest BCUT2D eigenvalue weighted by molar-refractivity contribution is 6.23. The number of amides is 3. The molecule has 0 radical (unpaired) electrons. The molecule has 0 fully saturated rings. The third-order valence-corrected chi connectivity index (χ3v) is 7.12. The van der Waals surface area contributed by atoms with Gasteiger partial charge in [0, 0.05) is 12.6 Å². The van der Waals surface area contributed by atoms with E-state index in [0.29, 0.717) is 11.1 Å². The SMILES string of the molecule is CC1=CN(C(=O)C(Cc2ccccc2)N2C(=O)c3ccccc3C2=O)C(C)(C)c2cc(C)ccc21. The van der Waals surface area contributed by atoms with Crippen molar-refractivity contribution >= 4 is 23.3 Å². The normalized spacial score (nSPS) is 17.1. The average Bonchev–Trinajstić information content (AvgIpc) is 3.10. The second-order valence-electron chi connectivity index (χ2n) is 9.86. The standard InChI is InChI=1S/C30H28N2O3/c1-19-14-15-22-20(2)18-31(30(3,4)25(22)16-19)29(35)26(17-21-10-6-5-7-11-21)32-27(33)23-12-8-9-13-24(23)28(32)34/h5-16,18,26H,17H2,1-4H3. The number of aryl methyl sites for hydroxylation is 1. The first-order chi connectivity index (χ1) is 16.7. The van der Waals surface area contributed by atoms with Gasteiger partial charge in [0.1, 0.15) is 6.04 Å². The van der Waals surface area contributed by atoms with Gasteiger partial charge in [-0.3, -0.25) is 19.3 Å². The van der Waals surface area contributed by atoms with E-state index >= 15 is 0 Å². The molecule has 2 aliphatic rings. The summed E-state index contributed by atoms with van der Waals surface area (Å²) in [5.74, 6) is -1.13. The van der Waals surface area contributed by atoms with Crippen molar-refractivity contribution < 1.29 is 14.4 Å². The number of carbonyl (C=O) groups excluding carboxylic acids is 3. The van der Waals surface area contributed by atoms with E-state index in [0.717, 1.165) is 32.7 Å². The predicted molar refractivity (Wildman–Crippen MR) is 136 cm³/mol. The minimum absolute atomic E-state index is 0.241. The Hall–Kier alpha value is -3.99. The molecule has 176 valence electrons. The van der Waals surface area contributed by atoms with E-state index in [1.165, 1.54) is 0 Å². The Labute approximate surface area is 205 Å². The zero-order valence-electron chi connectivity index (χ0n) is 20.4. The van der Waals surface area contributed by atoms with Crippen molar-refractivity contribution in [1.82, 2.24) is 9.80 Å². The van der Waals surface area contributed by atoms with Crippen LogP contribution in [0.15, 0.2) is 79.0 Å². The van der Waals surface area contributed by atoms with Gasteiger partial charge < -0.3 is 4.90 Å².